The van der Waals surface area contributed by atoms with Crippen LogP contribution in [0.5, 0.6) is 0 Å². The van der Waals surface area contributed by atoms with Gasteiger partial charge in [0.1, 0.15) is 11.7 Å². The van der Waals surface area contributed by atoms with E-state index in [0.29, 0.717) is 0 Å². The Morgan fingerprint density at radius 2 is 1.64 bits per heavy atom. The predicted octanol–water partition coefficient (Wildman–Crippen LogP) is 2.83. The van der Waals surface area contributed by atoms with Gasteiger partial charge in [0, 0.05) is 6.54 Å². The maximum atomic E-state index is 12.7. The van der Waals surface area contributed by atoms with E-state index >= 15 is 0 Å². The highest BCUT2D eigenvalue weighted by atomic mass is 19.4. The highest BCUT2D eigenvalue weighted by molar-refractivity contribution is 6.21. The van der Waals surface area contributed by atoms with Crippen LogP contribution in [0.4, 0.5) is 13.2 Å². The van der Waals surface area contributed by atoms with Crippen molar-refractivity contribution in [3.8, 4) is 0 Å². The number of halogens is 3. The second kappa shape index (κ2) is 5.90. The van der Waals surface area contributed by atoms with Crippen molar-refractivity contribution in [2.45, 2.75) is 25.9 Å². The molecule has 0 aliphatic carbocycles. The van der Waals surface area contributed by atoms with E-state index in [1.165, 1.54) is 12.1 Å². The van der Waals surface area contributed by atoms with Crippen molar-refractivity contribution in [3.05, 3.63) is 35.4 Å². The number of Topliss-reactive ketones (excluding diaryl/α,β-unsaturated/α-hetero) is 1. The number of hydrogen-bond acceptors (Lipinski definition) is 3. The van der Waals surface area contributed by atoms with E-state index in [0.717, 1.165) is 11.8 Å². The van der Waals surface area contributed by atoms with Crippen molar-refractivity contribution in [1.82, 2.24) is 4.90 Å². The van der Waals surface area contributed by atoms with Gasteiger partial charge in [0.25, 0.3) is 11.8 Å². The Kier molecular flexibility index (Phi) is 4.35. The van der Waals surface area contributed by atoms with E-state index in [-0.39, 0.29) is 24.1 Å². The Hall–Kier alpha value is -2.18. The van der Waals surface area contributed by atoms with Gasteiger partial charge in [-0.2, -0.15) is 13.2 Å². The van der Waals surface area contributed by atoms with Crippen molar-refractivity contribution in [2.75, 3.05) is 6.54 Å². The van der Waals surface area contributed by atoms with Gasteiger partial charge in [0.05, 0.1) is 11.1 Å². The van der Waals surface area contributed by atoms with Gasteiger partial charge in [-0.1, -0.05) is 12.1 Å². The number of fused-ring (bicyclic) bond motifs is 1. The molecule has 2 amide bonds. The lowest BCUT2D eigenvalue weighted by Crippen LogP contribution is -2.33. The van der Waals surface area contributed by atoms with Crippen LogP contribution < -0.4 is 0 Å². The van der Waals surface area contributed by atoms with E-state index < -0.39 is 36.1 Å². The van der Waals surface area contributed by atoms with Crippen LogP contribution in [0.3, 0.4) is 0 Å². The zero-order chi connectivity index (χ0) is 16.5. The maximum Gasteiger partial charge on any atom is 0.398 e. The van der Waals surface area contributed by atoms with Crippen molar-refractivity contribution >= 4 is 17.6 Å². The molecule has 0 spiro atoms. The first-order valence-electron chi connectivity index (χ1n) is 6.76. The fraction of sp³-hybridized carbons (Fsp3) is 0.400. The molecule has 1 aromatic carbocycles. The summed E-state index contributed by atoms with van der Waals surface area (Å²) in [5.41, 5.74) is 0.512. The molecular formula is C15H14F3NO3. The molecule has 1 aliphatic rings. The topological polar surface area (TPSA) is 54.5 Å². The zero-order valence-corrected chi connectivity index (χ0v) is 11.8. The minimum Gasteiger partial charge on any atom is -0.299 e. The molecule has 1 unspecified atom stereocenters. The number of rotatable bonds is 5. The molecule has 0 aromatic heterocycles. The van der Waals surface area contributed by atoms with Gasteiger partial charge < -0.3 is 0 Å². The Labute approximate surface area is 124 Å². The molecular weight excluding hydrogens is 299 g/mol. The SMILES string of the molecule is CC(=O)C(CCCN1C(=O)c2ccccc2C1=O)C(F)(F)F. The van der Waals surface area contributed by atoms with E-state index in [1.54, 1.807) is 12.1 Å². The molecule has 1 aliphatic heterocycles. The molecule has 0 saturated heterocycles. The summed E-state index contributed by atoms with van der Waals surface area (Å²) in [6.07, 6.45) is -5.12. The lowest BCUT2D eigenvalue weighted by atomic mass is 9.98. The highest BCUT2D eigenvalue weighted by Crippen LogP contribution is 2.31. The Balaban J connectivity index is 2.01. The molecule has 118 valence electrons. The fourth-order valence-corrected chi connectivity index (χ4v) is 2.49. The standard InChI is InChI=1S/C15H14F3NO3/c1-9(20)12(15(16,17)18)7-4-8-19-13(21)10-5-2-3-6-11(10)14(19)22/h2-3,5-6,12H,4,7-8H2,1H3. The van der Waals surface area contributed by atoms with E-state index in [2.05, 4.69) is 0 Å². The summed E-state index contributed by atoms with van der Waals surface area (Å²) in [6, 6.07) is 6.24. The zero-order valence-electron chi connectivity index (χ0n) is 11.8. The lowest BCUT2D eigenvalue weighted by Gasteiger charge is -2.19. The van der Waals surface area contributed by atoms with Crippen molar-refractivity contribution in [3.63, 3.8) is 0 Å². The van der Waals surface area contributed by atoms with Crippen molar-refractivity contribution < 1.29 is 27.6 Å². The van der Waals surface area contributed by atoms with Gasteiger partial charge in [-0.05, 0) is 31.9 Å². The first kappa shape index (κ1) is 16.2. The molecule has 0 bridgehead atoms. The fourth-order valence-electron chi connectivity index (χ4n) is 2.49. The summed E-state index contributed by atoms with van der Waals surface area (Å²) in [5.74, 6) is -4.03. The van der Waals surface area contributed by atoms with Gasteiger partial charge in [0.2, 0.25) is 0 Å². The smallest absolute Gasteiger partial charge is 0.299 e. The normalized spacial score (nSPS) is 15.9. The molecule has 0 fully saturated rings. The number of carbonyl (C=O) groups is 3. The van der Waals surface area contributed by atoms with Crippen LogP contribution in [-0.2, 0) is 4.79 Å². The minimum atomic E-state index is -4.60. The van der Waals surface area contributed by atoms with Gasteiger partial charge in [-0.15, -0.1) is 0 Å². The molecule has 22 heavy (non-hydrogen) atoms. The monoisotopic (exact) mass is 313 g/mol. The molecule has 0 radical (unpaired) electrons. The first-order valence-corrected chi connectivity index (χ1v) is 6.76. The van der Waals surface area contributed by atoms with Gasteiger partial charge in [-0.3, -0.25) is 19.3 Å². The second-order valence-electron chi connectivity index (χ2n) is 5.15. The molecule has 1 heterocycles. The summed E-state index contributed by atoms with van der Waals surface area (Å²) in [6.45, 7) is 0.756. The number of imide groups is 1. The van der Waals surface area contributed by atoms with Crippen molar-refractivity contribution in [1.29, 1.82) is 0 Å². The molecule has 0 saturated carbocycles. The summed E-state index contributed by atoms with van der Waals surface area (Å²) in [4.78, 5) is 36.0. The quantitative estimate of drug-likeness (QED) is 0.786. The number of alkyl halides is 3. The number of amides is 2. The van der Waals surface area contributed by atoms with E-state index in [4.69, 9.17) is 0 Å². The molecule has 4 nitrogen and oxygen atoms in total. The van der Waals surface area contributed by atoms with Crippen LogP contribution in [0, 0.1) is 5.92 Å². The van der Waals surface area contributed by atoms with Gasteiger partial charge in [0.15, 0.2) is 0 Å². The summed E-state index contributed by atoms with van der Waals surface area (Å²) in [5, 5.41) is 0. The molecule has 1 aromatic rings. The summed E-state index contributed by atoms with van der Waals surface area (Å²) >= 11 is 0. The minimum absolute atomic E-state index is 0.0742. The summed E-state index contributed by atoms with van der Waals surface area (Å²) < 4.78 is 38.0. The molecule has 7 heteroatoms. The number of nitrogens with zero attached hydrogens (tertiary/aromatic N) is 1. The van der Waals surface area contributed by atoms with E-state index in [9.17, 15) is 27.6 Å². The third kappa shape index (κ3) is 3.03. The third-order valence-corrected chi connectivity index (χ3v) is 3.64. The third-order valence-electron chi connectivity index (χ3n) is 3.64. The number of ketones is 1. The first-order chi connectivity index (χ1) is 10.2. The predicted molar refractivity (Wildman–Crippen MR) is 71.3 cm³/mol. The number of benzene rings is 1. The largest absolute Gasteiger partial charge is 0.398 e. The Bertz CT molecular complexity index is 590. The van der Waals surface area contributed by atoms with Gasteiger partial charge in [-0.25, -0.2) is 0 Å². The van der Waals surface area contributed by atoms with Crippen LogP contribution in [0.25, 0.3) is 0 Å². The average molecular weight is 313 g/mol. The molecule has 2 rings (SSSR count). The lowest BCUT2D eigenvalue weighted by molar-refractivity contribution is -0.181. The number of carbonyl (C=O) groups excluding carboxylic acids is 3. The van der Waals surface area contributed by atoms with Crippen LogP contribution in [0.1, 0.15) is 40.5 Å². The average Bonchev–Trinajstić information content (AvgIpc) is 2.66. The van der Waals surface area contributed by atoms with Crippen LogP contribution in [-0.4, -0.2) is 35.2 Å². The van der Waals surface area contributed by atoms with Crippen LogP contribution >= 0.6 is 0 Å². The van der Waals surface area contributed by atoms with Crippen LogP contribution in [0.2, 0.25) is 0 Å². The second-order valence-corrected chi connectivity index (χ2v) is 5.15. The maximum absolute atomic E-state index is 12.7. The van der Waals surface area contributed by atoms with Crippen LogP contribution in [0.15, 0.2) is 24.3 Å². The van der Waals surface area contributed by atoms with Gasteiger partial charge >= 0.3 is 6.18 Å². The molecule has 1 atom stereocenters. The van der Waals surface area contributed by atoms with Crippen molar-refractivity contribution in [2.24, 2.45) is 5.92 Å². The Morgan fingerprint density at radius 1 is 1.14 bits per heavy atom. The molecule has 0 N–H and O–H groups in total. The highest BCUT2D eigenvalue weighted by Gasteiger charge is 2.42. The van der Waals surface area contributed by atoms with E-state index in [1.807, 2.05) is 0 Å². The number of hydrogen-bond donors (Lipinski definition) is 0. The Morgan fingerprint density at radius 3 is 2.05 bits per heavy atom. The summed E-state index contributed by atoms with van der Waals surface area (Å²) in [7, 11) is 0.